The molecule has 0 aliphatic rings. The van der Waals surface area contributed by atoms with Crippen LogP contribution in [-0.4, -0.2) is 17.0 Å². The summed E-state index contributed by atoms with van der Waals surface area (Å²) in [5.74, 6) is -0.0648. The monoisotopic (exact) mass is 128 g/mol. The first-order chi connectivity index (χ1) is 4.09. The van der Waals surface area contributed by atoms with Crippen molar-refractivity contribution in [2.24, 2.45) is 0 Å². The maximum absolute atomic E-state index is 10.7. The molecule has 0 spiro atoms. The Morgan fingerprint density at radius 1 is 1.78 bits per heavy atom. The molecule has 0 aromatic carbocycles. The normalized spacial score (nSPS) is 12.8. The smallest absolute Gasteiger partial charge is 0.160 e. The number of aliphatic hydroxyl groups excluding tert-OH is 1. The molecule has 9 heavy (non-hydrogen) atoms. The highest BCUT2D eigenvalue weighted by Gasteiger charge is 2.08. The summed E-state index contributed by atoms with van der Waals surface area (Å²) in [6.45, 7) is 6.71. The molecule has 0 radical (unpaired) electrons. The fraction of sp³-hybridized carbons (Fsp3) is 0.571. The Morgan fingerprint density at radius 3 is 2.33 bits per heavy atom. The summed E-state index contributed by atoms with van der Waals surface area (Å²) >= 11 is 0. The Labute approximate surface area is 55.2 Å². The predicted octanol–water partition coefficient (Wildman–Crippen LogP) is 0.902. The van der Waals surface area contributed by atoms with Crippen molar-refractivity contribution in [2.45, 2.75) is 26.4 Å². The first kappa shape index (κ1) is 8.37. The lowest BCUT2D eigenvalue weighted by atomic mass is 10.1. The van der Waals surface area contributed by atoms with Crippen LogP contribution in [0.1, 0.15) is 20.3 Å². The van der Waals surface area contributed by atoms with Crippen LogP contribution in [0.15, 0.2) is 12.2 Å². The third-order valence-electron chi connectivity index (χ3n) is 1.18. The van der Waals surface area contributed by atoms with Crippen molar-refractivity contribution in [1.29, 1.82) is 0 Å². The van der Waals surface area contributed by atoms with Gasteiger partial charge in [-0.05, 0) is 6.92 Å². The number of hydrogen-bond donors (Lipinski definition) is 1. The highest BCUT2D eigenvalue weighted by molar-refractivity contribution is 5.95. The van der Waals surface area contributed by atoms with E-state index in [0.29, 0.717) is 12.0 Å². The average Bonchev–Trinajstić information content (AvgIpc) is 1.84. The summed E-state index contributed by atoms with van der Waals surface area (Å²) in [5.41, 5.74) is 0.303. The van der Waals surface area contributed by atoms with Crippen LogP contribution in [0, 0.1) is 0 Å². The molecule has 0 aromatic heterocycles. The summed E-state index contributed by atoms with van der Waals surface area (Å²) < 4.78 is 0. The first-order valence-corrected chi connectivity index (χ1v) is 2.99. The lowest BCUT2D eigenvalue weighted by Crippen LogP contribution is -2.12. The number of hydrogen-bond acceptors (Lipinski definition) is 2. The summed E-state index contributed by atoms with van der Waals surface area (Å²) in [5, 5.41) is 8.80. The van der Waals surface area contributed by atoms with Crippen LogP contribution in [0.5, 0.6) is 0 Å². The van der Waals surface area contributed by atoms with Crippen molar-refractivity contribution < 1.29 is 9.90 Å². The van der Waals surface area contributed by atoms with Crippen molar-refractivity contribution in [1.82, 2.24) is 0 Å². The van der Waals surface area contributed by atoms with Crippen molar-refractivity contribution in [3.8, 4) is 0 Å². The molecule has 0 saturated carbocycles. The van der Waals surface area contributed by atoms with Gasteiger partial charge >= 0.3 is 0 Å². The average molecular weight is 128 g/mol. The zero-order valence-electron chi connectivity index (χ0n) is 5.85. The number of ketones is 1. The van der Waals surface area contributed by atoms with E-state index in [4.69, 9.17) is 5.11 Å². The summed E-state index contributed by atoms with van der Waals surface area (Å²) in [7, 11) is 0. The van der Waals surface area contributed by atoms with Gasteiger partial charge in [0.05, 0.1) is 6.10 Å². The fourth-order valence-electron chi connectivity index (χ4n) is 0.460. The lowest BCUT2D eigenvalue weighted by Gasteiger charge is -2.03. The van der Waals surface area contributed by atoms with Crippen LogP contribution in [0.3, 0.4) is 0 Å². The molecule has 52 valence electrons. The molecule has 0 rings (SSSR count). The quantitative estimate of drug-likeness (QED) is 0.573. The van der Waals surface area contributed by atoms with Crippen LogP contribution in [0.2, 0.25) is 0 Å². The molecule has 0 aliphatic carbocycles. The van der Waals surface area contributed by atoms with Gasteiger partial charge in [-0.1, -0.05) is 13.5 Å². The number of aliphatic hydroxyl groups is 1. The van der Waals surface area contributed by atoms with Gasteiger partial charge in [0.15, 0.2) is 5.78 Å². The van der Waals surface area contributed by atoms with E-state index in [2.05, 4.69) is 6.58 Å². The molecule has 0 aromatic rings. The first-order valence-electron chi connectivity index (χ1n) is 2.99. The molecular weight excluding hydrogens is 116 g/mol. The van der Waals surface area contributed by atoms with Crippen molar-refractivity contribution >= 4 is 5.78 Å². The maximum Gasteiger partial charge on any atom is 0.160 e. The second-order valence-electron chi connectivity index (χ2n) is 1.98. The minimum Gasteiger partial charge on any atom is -0.389 e. The topological polar surface area (TPSA) is 37.3 Å². The SMILES string of the molecule is C=C(C(=O)CC)[C@@H](C)O. The standard InChI is InChI=1S/C7H12O2/c1-4-7(9)5(2)6(3)8/h6,8H,2,4H2,1,3H3/t6-/m1/s1. The Balaban J connectivity index is 3.89. The Morgan fingerprint density at radius 2 is 2.22 bits per heavy atom. The van der Waals surface area contributed by atoms with Crippen molar-refractivity contribution in [3.63, 3.8) is 0 Å². The maximum atomic E-state index is 10.7. The molecule has 1 N–H and O–H groups in total. The third-order valence-corrected chi connectivity index (χ3v) is 1.18. The Bertz CT molecular complexity index is 125. The van der Waals surface area contributed by atoms with E-state index in [1.54, 1.807) is 6.92 Å². The van der Waals surface area contributed by atoms with Gasteiger partial charge in [0.2, 0.25) is 0 Å². The molecule has 0 fully saturated rings. The van der Waals surface area contributed by atoms with Crippen LogP contribution < -0.4 is 0 Å². The van der Waals surface area contributed by atoms with Crippen LogP contribution in [0.25, 0.3) is 0 Å². The fourth-order valence-corrected chi connectivity index (χ4v) is 0.460. The Kier molecular flexibility index (Phi) is 3.17. The highest BCUT2D eigenvalue weighted by Crippen LogP contribution is 2.01. The van der Waals surface area contributed by atoms with Crippen LogP contribution in [-0.2, 0) is 4.79 Å². The van der Waals surface area contributed by atoms with E-state index in [9.17, 15) is 4.79 Å². The predicted molar refractivity (Wildman–Crippen MR) is 36.1 cm³/mol. The van der Waals surface area contributed by atoms with E-state index in [1.807, 2.05) is 0 Å². The lowest BCUT2D eigenvalue weighted by molar-refractivity contribution is -0.116. The molecule has 0 saturated heterocycles. The highest BCUT2D eigenvalue weighted by atomic mass is 16.3. The van der Waals surface area contributed by atoms with Gasteiger partial charge in [-0.15, -0.1) is 0 Å². The van der Waals surface area contributed by atoms with Gasteiger partial charge in [0.25, 0.3) is 0 Å². The number of carbonyl (C=O) groups excluding carboxylic acids is 1. The number of Topliss-reactive ketones (excluding diaryl/α,β-unsaturated/α-hetero) is 1. The molecule has 0 bridgehead atoms. The van der Waals surface area contributed by atoms with E-state index in [1.165, 1.54) is 6.92 Å². The van der Waals surface area contributed by atoms with Gasteiger partial charge in [0.1, 0.15) is 0 Å². The van der Waals surface area contributed by atoms with E-state index in [-0.39, 0.29) is 5.78 Å². The minimum atomic E-state index is -0.697. The molecule has 2 heteroatoms. The minimum absolute atomic E-state index is 0.0648. The van der Waals surface area contributed by atoms with E-state index >= 15 is 0 Å². The Hall–Kier alpha value is -0.630. The second kappa shape index (κ2) is 3.41. The molecule has 0 heterocycles. The largest absolute Gasteiger partial charge is 0.389 e. The molecule has 0 unspecified atom stereocenters. The molecule has 0 amide bonds. The molecular formula is C7H12O2. The summed E-state index contributed by atoms with van der Waals surface area (Å²) in [4.78, 5) is 10.7. The van der Waals surface area contributed by atoms with Gasteiger partial charge in [-0.3, -0.25) is 4.79 Å². The molecule has 2 nitrogen and oxygen atoms in total. The van der Waals surface area contributed by atoms with Crippen LogP contribution >= 0.6 is 0 Å². The number of rotatable bonds is 3. The molecule has 0 aliphatic heterocycles. The molecule has 1 atom stereocenters. The number of carbonyl (C=O) groups is 1. The van der Waals surface area contributed by atoms with E-state index < -0.39 is 6.10 Å². The van der Waals surface area contributed by atoms with Gasteiger partial charge in [0, 0.05) is 12.0 Å². The van der Waals surface area contributed by atoms with Gasteiger partial charge in [-0.25, -0.2) is 0 Å². The van der Waals surface area contributed by atoms with Crippen molar-refractivity contribution in [3.05, 3.63) is 12.2 Å². The van der Waals surface area contributed by atoms with Gasteiger partial charge in [-0.2, -0.15) is 0 Å². The van der Waals surface area contributed by atoms with E-state index in [0.717, 1.165) is 0 Å². The summed E-state index contributed by atoms with van der Waals surface area (Å²) in [6, 6.07) is 0. The third kappa shape index (κ3) is 2.42. The van der Waals surface area contributed by atoms with Crippen molar-refractivity contribution in [2.75, 3.05) is 0 Å². The van der Waals surface area contributed by atoms with Gasteiger partial charge < -0.3 is 5.11 Å². The zero-order chi connectivity index (χ0) is 7.44. The zero-order valence-corrected chi connectivity index (χ0v) is 5.85. The second-order valence-corrected chi connectivity index (χ2v) is 1.98. The van der Waals surface area contributed by atoms with Crippen LogP contribution in [0.4, 0.5) is 0 Å². The summed E-state index contributed by atoms with van der Waals surface area (Å²) in [6.07, 6.45) is -0.276.